The van der Waals surface area contributed by atoms with Crippen molar-refractivity contribution in [2.45, 2.75) is 33.6 Å². The first-order valence-electron chi connectivity index (χ1n) is 7.77. The lowest BCUT2D eigenvalue weighted by atomic mass is 10.1. The van der Waals surface area contributed by atoms with Crippen LogP contribution >= 0.6 is 9.24 Å². The Morgan fingerprint density at radius 2 is 2.04 bits per heavy atom. The highest BCUT2D eigenvalue weighted by molar-refractivity contribution is 7.23. The molecule has 0 aromatic heterocycles. The van der Waals surface area contributed by atoms with Gasteiger partial charge in [0.15, 0.2) is 0 Å². The zero-order chi connectivity index (χ0) is 17.2. The maximum absolute atomic E-state index is 13.6. The van der Waals surface area contributed by atoms with Crippen molar-refractivity contribution >= 4 is 21.5 Å². The number of hydrogen-bond acceptors (Lipinski definition) is 1. The Balaban J connectivity index is 3.03. The topological polar surface area (TPSA) is 12.4 Å². The molecule has 1 rings (SSSR count). The molecule has 0 saturated carbocycles. The van der Waals surface area contributed by atoms with Crippen molar-refractivity contribution in [3.05, 3.63) is 63.9 Å². The van der Waals surface area contributed by atoms with Crippen LogP contribution in [-0.4, -0.2) is 12.9 Å². The molecule has 0 fully saturated rings. The standard InChI is InChI=1S/C19H24F2NP/c1-4-7-15(12-20)13-22-18(6-3)19(23)11-14-8-9-17(21)16(5-2)10-14/h6-11,13H,4-5,12,23H2,1-3H3/b15-7+,18-6-,19-11-,22-13-. The largest absolute Gasteiger partial charge is 0.256 e. The minimum Gasteiger partial charge on any atom is -0.256 e. The monoisotopic (exact) mass is 335 g/mol. The summed E-state index contributed by atoms with van der Waals surface area (Å²) in [4.78, 5) is 4.35. The molecule has 1 aromatic carbocycles. The van der Waals surface area contributed by atoms with E-state index >= 15 is 0 Å². The van der Waals surface area contributed by atoms with Gasteiger partial charge in [-0.1, -0.05) is 32.1 Å². The normalized spacial score (nSPS) is 13.9. The summed E-state index contributed by atoms with van der Waals surface area (Å²) in [5, 5.41) is 0.868. The molecule has 4 heteroatoms. The van der Waals surface area contributed by atoms with Gasteiger partial charge in [-0.05, 0) is 60.0 Å². The maximum atomic E-state index is 13.6. The van der Waals surface area contributed by atoms with Crippen LogP contribution in [-0.2, 0) is 6.42 Å². The fourth-order valence-electron chi connectivity index (χ4n) is 2.08. The first kappa shape index (κ1) is 19.4. The first-order chi connectivity index (χ1) is 11.0. The van der Waals surface area contributed by atoms with Gasteiger partial charge >= 0.3 is 0 Å². The van der Waals surface area contributed by atoms with E-state index < -0.39 is 6.67 Å². The van der Waals surface area contributed by atoms with Gasteiger partial charge in [0.2, 0.25) is 0 Å². The Hall–Kier alpha value is -1.60. The van der Waals surface area contributed by atoms with Crippen LogP contribution in [0.25, 0.3) is 6.08 Å². The lowest BCUT2D eigenvalue weighted by Gasteiger charge is -2.05. The maximum Gasteiger partial charge on any atom is 0.126 e. The first-order valence-corrected chi connectivity index (χ1v) is 8.34. The quantitative estimate of drug-likeness (QED) is 0.335. The van der Waals surface area contributed by atoms with Gasteiger partial charge in [0.1, 0.15) is 12.5 Å². The number of hydrogen-bond donors (Lipinski definition) is 0. The van der Waals surface area contributed by atoms with Gasteiger partial charge in [0.25, 0.3) is 0 Å². The zero-order valence-electron chi connectivity index (χ0n) is 13.9. The number of allylic oxidation sites excluding steroid dienone is 4. The summed E-state index contributed by atoms with van der Waals surface area (Å²) in [5.74, 6) is -0.184. The summed E-state index contributed by atoms with van der Waals surface area (Å²) in [6, 6.07) is 5.05. The van der Waals surface area contributed by atoms with Crippen LogP contribution in [0, 0.1) is 5.82 Å². The molecule has 0 heterocycles. The molecule has 0 spiro atoms. The molecule has 0 amide bonds. The third kappa shape index (κ3) is 6.19. The van der Waals surface area contributed by atoms with Crippen LogP contribution in [0.15, 0.2) is 51.9 Å². The number of aliphatic imine (C=N–C) groups is 1. The van der Waals surface area contributed by atoms with E-state index in [1.165, 1.54) is 6.07 Å². The van der Waals surface area contributed by atoms with Gasteiger partial charge in [-0.2, -0.15) is 0 Å². The Morgan fingerprint density at radius 3 is 2.61 bits per heavy atom. The molecular formula is C19H24F2NP. The van der Waals surface area contributed by atoms with E-state index in [4.69, 9.17) is 0 Å². The predicted molar refractivity (Wildman–Crippen MR) is 100 cm³/mol. The summed E-state index contributed by atoms with van der Waals surface area (Å²) < 4.78 is 26.4. The second-order valence-corrected chi connectivity index (χ2v) is 5.68. The molecule has 0 saturated heterocycles. The highest BCUT2D eigenvalue weighted by Crippen LogP contribution is 2.23. The molecule has 0 aliphatic rings. The van der Waals surface area contributed by atoms with Gasteiger partial charge in [0.05, 0.1) is 5.70 Å². The van der Waals surface area contributed by atoms with Crippen LogP contribution in [0.3, 0.4) is 0 Å². The Labute approximate surface area is 140 Å². The van der Waals surface area contributed by atoms with Crippen LogP contribution in [0.2, 0.25) is 0 Å². The summed E-state index contributed by atoms with van der Waals surface area (Å²) in [5.41, 5.74) is 2.91. The number of aryl methyl sites for hydroxylation is 1. The van der Waals surface area contributed by atoms with Crippen molar-refractivity contribution in [1.82, 2.24) is 0 Å². The Kier molecular flexibility index (Phi) is 8.65. The highest BCUT2D eigenvalue weighted by atomic mass is 31.0. The fourth-order valence-corrected chi connectivity index (χ4v) is 2.51. The van der Waals surface area contributed by atoms with Crippen LogP contribution in [0.4, 0.5) is 8.78 Å². The minimum absolute atomic E-state index is 0.184. The zero-order valence-corrected chi connectivity index (χ0v) is 15.1. The van der Waals surface area contributed by atoms with E-state index in [1.54, 1.807) is 12.3 Å². The molecule has 124 valence electrons. The average Bonchev–Trinajstić information content (AvgIpc) is 2.56. The van der Waals surface area contributed by atoms with Gasteiger partial charge in [-0.3, -0.25) is 4.99 Å². The van der Waals surface area contributed by atoms with Crippen LogP contribution in [0.5, 0.6) is 0 Å². The van der Waals surface area contributed by atoms with E-state index in [0.29, 0.717) is 17.6 Å². The lowest BCUT2D eigenvalue weighted by Crippen LogP contribution is -1.90. The van der Waals surface area contributed by atoms with Crippen molar-refractivity contribution in [3.63, 3.8) is 0 Å². The SMILES string of the molecule is C/C=C(\N=C/C(=C/CC)CF)C(/P)=C/c1ccc(F)c(CC)c1. The van der Waals surface area contributed by atoms with Crippen molar-refractivity contribution in [2.24, 2.45) is 4.99 Å². The van der Waals surface area contributed by atoms with Crippen molar-refractivity contribution < 1.29 is 8.78 Å². The molecule has 0 N–H and O–H groups in total. The van der Waals surface area contributed by atoms with E-state index in [2.05, 4.69) is 14.2 Å². The average molecular weight is 335 g/mol. The fraction of sp³-hybridized carbons (Fsp3) is 0.316. The van der Waals surface area contributed by atoms with E-state index in [-0.39, 0.29) is 5.82 Å². The number of rotatable bonds is 7. The van der Waals surface area contributed by atoms with Crippen molar-refractivity contribution in [3.8, 4) is 0 Å². The van der Waals surface area contributed by atoms with E-state index in [9.17, 15) is 8.78 Å². The number of alkyl halides is 1. The van der Waals surface area contributed by atoms with Crippen molar-refractivity contribution in [1.29, 1.82) is 0 Å². The van der Waals surface area contributed by atoms with E-state index in [1.807, 2.05) is 45.1 Å². The summed E-state index contributed by atoms with van der Waals surface area (Å²) in [7, 11) is 2.63. The molecule has 0 aliphatic heterocycles. The van der Waals surface area contributed by atoms with Gasteiger partial charge in [-0.25, -0.2) is 8.78 Å². The van der Waals surface area contributed by atoms with E-state index in [0.717, 1.165) is 23.0 Å². The molecule has 1 nitrogen and oxygen atoms in total. The Bertz CT molecular complexity index is 643. The molecule has 23 heavy (non-hydrogen) atoms. The second kappa shape index (κ2) is 10.2. The Morgan fingerprint density at radius 1 is 1.30 bits per heavy atom. The van der Waals surface area contributed by atoms with Gasteiger partial charge < -0.3 is 0 Å². The third-order valence-electron chi connectivity index (χ3n) is 3.33. The molecular weight excluding hydrogens is 311 g/mol. The summed E-state index contributed by atoms with van der Waals surface area (Å²) >= 11 is 0. The van der Waals surface area contributed by atoms with Crippen LogP contribution < -0.4 is 0 Å². The third-order valence-corrected chi connectivity index (χ3v) is 3.79. The molecule has 1 unspecified atom stereocenters. The number of nitrogens with zero attached hydrogens (tertiary/aromatic N) is 1. The smallest absolute Gasteiger partial charge is 0.126 e. The molecule has 1 atom stereocenters. The van der Waals surface area contributed by atoms with Crippen molar-refractivity contribution in [2.75, 3.05) is 6.67 Å². The lowest BCUT2D eigenvalue weighted by molar-refractivity contribution is 0.553. The molecule has 0 radical (unpaired) electrons. The molecule has 0 aliphatic carbocycles. The minimum atomic E-state index is -0.526. The highest BCUT2D eigenvalue weighted by Gasteiger charge is 2.02. The van der Waals surface area contributed by atoms with Gasteiger partial charge in [0, 0.05) is 6.21 Å². The predicted octanol–water partition coefficient (Wildman–Crippen LogP) is 5.88. The molecule has 0 bridgehead atoms. The summed E-state index contributed by atoms with van der Waals surface area (Å²) in [6.07, 6.45) is 8.58. The number of halogens is 2. The second-order valence-electron chi connectivity index (χ2n) is 5.06. The van der Waals surface area contributed by atoms with Crippen LogP contribution in [0.1, 0.15) is 38.3 Å². The molecule has 1 aromatic rings. The summed E-state index contributed by atoms with van der Waals surface area (Å²) in [6.45, 7) is 5.24. The number of benzene rings is 1. The van der Waals surface area contributed by atoms with Gasteiger partial charge in [-0.15, -0.1) is 9.24 Å².